The van der Waals surface area contributed by atoms with Crippen LogP contribution in [0.3, 0.4) is 0 Å². The molecule has 0 radical (unpaired) electrons. The van der Waals surface area contributed by atoms with Gasteiger partial charge in [0.1, 0.15) is 5.82 Å². The zero-order valence-electron chi connectivity index (χ0n) is 11.8. The monoisotopic (exact) mass is 374 g/mol. The summed E-state index contributed by atoms with van der Waals surface area (Å²) in [5.74, 6) is -1.82. The van der Waals surface area contributed by atoms with Crippen molar-refractivity contribution in [3.63, 3.8) is 0 Å². The standard InChI is InChI=1S/C16H10Cl3FO3/c1-8(15(21)9-2-4-10(20)5-3-9)23-16(22)13-11(17)6-7-12(18)14(13)19/h2-8H,1H3. The van der Waals surface area contributed by atoms with Crippen LogP contribution in [0.25, 0.3) is 0 Å². The van der Waals surface area contributed by atoms with Crippen LogP contribution in [-0.4, -0.2) is 17.9 Å². The van der Waals surface area contributed by atoms with Gasteiger partial charge in [0.15, 0.2) is 6.10 Å². The van der Waals surface area contributed by atoms with Crippen molar-refractivity contribution in [1.82, 2.24) is 0 Å². The van der Waals surface area contributed by atoms with E-state index in [1.165, 1.54) is 31.2 Å². The van der Waals surface area contributed by atoms with Crippen LogP contribution < -0.4 is 0 Å². The summed E-state index contributed by atoms with van der Waals surface area (Å²) in [6.45, 7) is 1.40. The molecule has 0 amide bonds. The minimum absolute atomic E-state index is 0.0504. The van der Waals surface area contributed by atoms with Crippen LogP contribution in [0.5, 0.6) is 0 Å². The molecule has 0 aliphatic carbocycles. The van der Waals surface area contributed by atoms with Gasteiger partial charge in [0.2, 0.25) is 5.78 Å². The van der Waals surface area contributed by atoms with Crippen molar-refractivity contribution in [3.8, 4) is 0 Å². The van der Waals surface area contributed by atoms with E-state index in [9.17, 15) is 14.0 Å². The van der Waals surface area contributed by atoms with Crippen molar-refractivity contribution >= 4 is 46.6 Å². The van der Waals surface area contributed by atoms with E-state index in [0.29, 0.717) is 0 Å². The number of hydrogen-bond donors (Lipinski definition) is 0. The fraction of sp³-hybridized carbons (Fsp3) is 0.125. The molecule has 0 spiro atoms. The predicted molar refractivity (Wildman–Crippen MR) is 87.1 cm³/mol. The Morgan fingerprint density at radius 3 is 2.17 bits per heavy atom. The molecule has 2 rings (SSSR count). The second-order valence-corrected chi connectivity index (χ2v) is 5.83. The van der Waals surface area contributed by atoms with Crippen LogP contribution in [0.15, 0.2) is 36.4 Å². The van der Waals surface area contributed by atoms with Gasteiger partial charge in [-0.05, 0) is 43.3 Å². The average molecular weight is 376 g/mol. The van der Waals surface area contributed by atoms with E-state index in [1.54, 1.807) is 0 Å². The van der Waals surface area contributed by atoms with Gasteiger partial charge in [-0.2, -0.15) is 0 Å². The first-order valence-electron chi connectivity index (χ1n) is 6.45. The molecule has 0 saturated heterocycles. The van der Waals surface area contributed by atoms with Crippen molar-refractivity contribution in [2.75, 3.05) is 0 Å². The van der Waals surface area contributed by atoms with Crippen molar-refractivity contribution in [3.05, 3.63) is 68.4 Å². The molecule has 0 bridgehead atoms. The smallest absolute Gasteiger partial charge is 0.341 e. The highest BCUT2D eigenvalue weighted by molar-refractivity contribution is 6.46. The summed E-state index contributed by atoms with van der Waals surface area (Å²) in [6, 6.07) is 7.75. The lowest BCUT2D eigenvalue weighted by molar-refractivity contribution is 0.0319. The third kappa shape index (κ3) is 4.02. The molecule has 1 unspecified atom stereocenters. The Morgan fingerprint density at radius 1 is 1.00 bits per heavy atom. The molecule has 2 aromatic rings. The lowest BCUT2D eigenvalue weighted by Gasteiger charge is -2.14. The van der Waals surface area contributed by atoms with Crippen molar-refractivity contribution < 1.29 is 18.7 Å². The summed E-state index contributed by atoms with van der Waals surface area (Å²) in [5.41, 5.74) is 0.106. The number of Topliss-reactive ketones (excluding diaryl/α,β-unsaturated/α-hetero) is 1. The molecule has 23 heavy (non-hydrogen) atoms. The molecule has 0 fully saturated rings. The summed E-state index contributed by atoms with van der Waals surface area (Å²) in [7, 11) is 0. The van der Waals surface area contributed by atoms with Gasteiger partial charge in [-0.1, -0.05) is 34.8 Å². The van der Waals surface area contributed by atoms with Gasteiger partial charge in [-0.3, -0.25) is 4.79 Å². The van der Waals surface area contributed by atoms with Gasteiger partial charge < -0.3 is 4.74 Å². The summed E-state index contributed by atoms with van der Waals surface area (Å²) < 4.78 is 18.0. The molecule has 0 saturated carbocycles. The van der Waals surface area contributed by atoms with Crippen molar-refractivity contribution in [2.45, 2.75) is 13.0 Å². The summed E-state index contributed by atoms with van der Waals surface area (Å²) >= 11 is 17.7. The molecule has 0 heterocycles. The number of benzene rings is 2. The van der Waals surface area contributed by atoms with E-state index < -0.39 is 23.7 Å². The van der Waals surface area contributed by atoms with Crippen LogP contribution in [0.1, 0.15) is 27.6 Å². The second-order valence-electron chi connectivity index (χ2n) is 4.64. The van der Waals surface area contributed by atoms with Crippen molar-refractivity contribution in [2.24, 2.45) is 0 Å². The quantitative estimate of drug-likeness (QED) is 0.418. The fourth-order valence-electron chi connectivity index (χ4n) is 1.84. The molecule has 1 atom stereocenters. The van der Waals surface area contributed by atoms with Gasteiger partial charge >= 0.3 is 5.97 Å². The fourth-order valence-corrected chi connectivity index (χ4v) is 2.52. The first kappa shape index (κ1) is 17.7. The molecule has 0 aliphatic rings. The molecule has 0 N–H and O–H groups in total. The highest BCUT2D eigenvalue weighted by Crippen LogP contribution is 2.32. The number of ether oxygens (including phenoxy) is 1. The maximum Gasteiger partial charge on any atom is 0.341 e. The number of esters is 1. The lowest BCUT2D eigenvalue weighted by Crippen LogP contribution is -2.24. The number of rotatable bonds is 4. The number of ketones is 1. The van der Waals surface area contributed by atoms with E-state index in [0.717, 1.165) is 12.1 Å². The van der Waals surface area contributed by atoms with E-state index in [2.05, 4.69) is 0 Å². The molecule has 0 aliphatic heterocycles. The van der Waals surface area contributed by atoms with Crippen LogP contribution in [0, 0.1) is 5.82 Å². The van der Waals surface area contributed by atoms with Crippen LogP contribution in [0.4, 0.5) is 4.39 Å². The van der Waals surface area contributed by atoms with Gasteiger partial charge in [0.05, 0.1) is 20.6 Å². The zero-order valence-corrected chi connectivity index (χ0v) is 14.0. The second kappa shape index (κ2) is 7.30. The van der Waals surface area contributed by atoms with E-state index in [-0.39, 0.29) is 26.2 Å². The Kier molecular flexibility index (Phi) is 5.63. The van der Waals surface area contributed by atoms with Crippen LogP contribution in [-0.2, 0) is 4.74 Å². The lowest BCUT2D eigenvalue weighted by atomic mass is 10.1. The van der Waals surface area contributed by atoms with Gasteiger partial charge in [0.25, 0.3) is 0 Å². The maximum absolute atomic E-state index is 12.9. The zero-order chi connectivity index (χ0) is 17.1. The number of hydrogen-bond acceptors (Lipinski definition) is 3. The van der Waals surface area contributed by atoms with E-state index >= 15 is 0 Å². The molecule has 3 nitrogen and oxygen atoms in total. The minimum Gasteiger partial charge on any atom is -0.451 e. The Balaban J connectivity index is 2.18. The summed E-state index contributed by atoms with van der Waals surface area (Å²) in [4.78, 5) is 24.3. The number of carbonyl (C=O) groups is 2. The van der Waals surface area contributed by atoms with Gasteiger partial charge in [0, 0.05) is 5.56 Å². The van der Waals surface area contributed by atoms with E-state index in [4.69, 9.17) is 39.5 Å². The van der Waals surface area contributed by atoms with Crippen molar-refractivity contribution in [1.29, 1.82) is 0 Å². The van der Waals surface area contributed by atoms with E-state index in [1.807, 2.05) is 0 Å². The molecule has 120 valence electrons. The SMILES string of the molecule is CC(OC(=O)c1c(Cl)ccc(Cl)c1Cl)C(=O)c1ccc(F)cc1. The largest absolute Gasteiger partial charge is 0.451 e. The molecule has 7 heteroatoms. The molecular formula is C16H10Cl3FO3. The minimum atomic E-state index is -1.10. The maximum atomic E-state index is 12.9. The molecule has 2 aromatic carbocycles. The average Bonchev–Trinajstić information content (AvgIpc) is 2.51. The Hall–Kier alpha value is -1.62. The third-order valence-electron chi connectivity index (χ3n) is 3.03. The third-order valence-corrected chi connectivity index (χ3v) is 4.15. The summed E-state index contributed by atoms with van der Waals surface area (Å²) in [5, 5.41) is 0.150. The van der Waals surface area contributed by atoms with Crippen LogP contribution in [0.2, 0.25) is 15.1 Å². The Labute approximate surface area is 146 Å². The highest BCUT2D eigenvalue weighted by atomic mass is 35.5. The summed E-state index contributed by atoms with van der Waals surface area (Å²) in [6.07, 6.45) is -1.10. The number of carbonyl (C=O) groups excluding carboxylic acids is 2. The molecular weight excluding hydrogens is 366 g/mol. The number of halogens is 4. The highest BCUT2D eigenvalue weighted by Gasteiger charge is 2.24. The normalized spacial score (nSPS) is 11.9. The first-order chi connectivity index (χ1) is 10.8. The van der Waals surface area contributed by atoms with Gasteiger partial charge in [-0.15, -0.1) is 0 Å². The van der Waals surface area contributed by atoms with Crippen LogP contribution >= 0.6 is 34.8 Å². The molecule has 0 aromatic heterocycles. The first-order valence-corrected chi connectivity index (χ1v) is 7.59. The predicted octanol–water partition coefficient (Wildman–Crippen LogP) is 5.21. The Morgan fingerprint density at radius 2 is 1.57 bits per heavy atom. The topological polar surface area (TPSA) is 43.4 Å². The van der Waals surface area contributed by atoms with Gasteiger partial charge in [-0.25, -0.2) is 9.18 Å². The Bertz CT molecular complexity index is 760.